The molecule has 3 nitrogen and oxygen atoms in total. The molecule has 0 bridgehead atoms. The first-order valence-electron chi connectivity index (χ1n) is 10.1. The molecule has 0 amide bonds. The second-order valence-corrected chi connectivity index (χ2v) is 8.03. The first-order valence-corrected chi connectivity index (χ1v) is 10.1. The molecule has 2 heterocycles. The van der Waals surface area contributed by atoms with Gasteiger partial charge < -0.3 is 15.5 Å². The minimum absolute atomic E-state index is 0.752. The molecule has 138 valence electrons. The van der Waals surface area contributed by atoms with Gasteiger partial charge in [0.05, 0.1) is 0 Å². The fourth-order valence-corrected chi connectivity index (χ4v) is 4.61. The monoisotopic (exact) mass is 349 g/mol. The van der Waals surface area contributed by atoms with Gasteiger partial charge in [0, 0.05) is 30.5 Å². The van der Waals surface area contributed by atoms with Crippen molar-refractivity contribution in [2.24, 2.45) is 0 Å². The zero-order valence-corrected chi connectivity index (χ0v) is 15.9. The number of likely N-dealkylation sites (tertiary alicyclic amines) is 1. The normalized spacial score (nSPS) is 20.4. The van der Waals surface area contributed by atoms with Crippen molar-refractivity contribution in [3.63, 3.8) is 0 Å². The standard InChI is InChI=1S/C23H31N3/c1-18-2-4-19(5-3-18)20-10-14-25(15-11-20)23-12-16-26(17-13-23)22-8-6-21(24)7-9-22/h2-9,20,23H,10-17,24H2,1H3. The van der Waals surface area contributed by atoms with Crippen molar-refractivity contribution in [2.75, 3.05) is 36.8 Å². The molecule has 0 aliphatic carbocycles. The Morgan fingerprint density at radius 3 is 2.00 bits per heavy atom. The first kappa shape index (κ1) is 17.4. The van der Waals surface area contributed by atoms with Gasteiger partial charge >= 0.3 is 0 Å². The summed E-state index contributed by atoms with van der Waals surface area (Å²) in [4.78, 5) is 5.26. The van der Waals surface area contributed by atoms with Gasteiger partial charge in [0.1, 0.15) is 0 Å². The number of aryl methyl sites for hydroxylation is 1. The molecule has 0 spiro atoms. The van der Waals surface area contributed by atoms with Gasteiger partial charge in [-0.2, -0.15) is 0 Å². The first-order chi connectivity index (χ1) is 12.7. The maximum Gasteiger partial charge on any atom is 0.0367 e. The van der Waals surface area contributed by atoms with Gasteiger partial charge in [-0.25, -0.2) is 0 Å². The number of nitrogen functional groups attached to an aromatic ring is 1. The van der Waals surface area contributed by atoms with Crippen LogP contribution in [0.3, 0.4) is 0 Å². The molecule has 0 unspecified atom stereocenters. The maximum atomic E-state index is 5.81. The number of nitrogens with zero attached hydrogens (tertiary/aromatic N) is 2. The van der Waals surface area contributed by atoms with E-state index in [1.807, 2.05) is 12.1 Å². The van der Waals surface area contributed by atoms with E-state index < -0.39 is 0 Å². The minimum Gasteiger partial charge on any atom is -0.399 e. The molecular formula is C23H31N3. The van der Waals surface area contributed by atoms with Crippen molar-refractivity contribution in [1.82, 2.24) is 4.90 Å². The maximum absolute atomic E-state index is 5.81. The molecular weight excluding hydrogens is 318 g/mol. The summed E-state index contributed by atoms with van der Waals surface area (Å²) in [6.45, 7) is 7.00. The van der Waals surface area contributed by atoms with E-state index in [4.69, 9.17) is 5.73 Å². The molecule has 26 heavy (non-hydrogen) atoms. The van der Waals surface area contributed by atoms with Crippen LogP contribution < -0.4 is 10.6 Å². The fourth-order valence-electron chi connectivity index (χ4n) is 4.61. The average molecular weight is 350 g/mol. The molecule has 2 aromatic rings. The minimum atomic E-state index is 0.752. The van der Waals surface area contributed by atoms with Crippen LogP contribution in [0, 0.1) is 6.92 Å². The van der Waals surface area contributed by atoms with Crippen molar-refractivity contribution < 1.29 is 0 Å². The molecule has 4 rings (SSSR count). The number of benzene rings is 2. The lowest BCUT2D eigenvalue weighted by Crippen LogP contribution is -2.47. The summed E-state index contributed by atoms with van der Waals surface area (Å²) in [5.41, 5.74) is 10.9. The Morgan fingerprint density at radius 1 is 0.769 bits per heavy atom. The van der Waals surface area contributed by atoms with Gasteiger partial charge in [-0.3, -0.25) is 0 Å². The highest BCUT2D eigenvalue weighted by atomic mass is 15.2. The van der Waals surface area contributed by atoms with E-state index in [2.05, 4.69) is 53.1 Å². The Bertz CT molecular complexity index is 628. The zero-order valence-electron chi connectivity index (χ0n) is 15.9. The van der Waals surface area contributed by atoms with Crippen LogP contribution in [0.25, 0.3) is 0 Å². The van der Waals surface area contributed by atoms with Gasteiger partial charge in [0.25, 0.3) is 0 Å². The molecule has 0 saturated carbocycles. The predicted molar refractivity (Wildman–Crippen MR) is 111 cm³/mol. The Hall–Kier alpha value is -2.00. The van der Waals surface area contributed by atoms with E-state index in [0.717, 1.165) is 30.7 Å². The Morgan fingerprint density at radius 2 is 1.38 bits per heavy atom. The van der Waals surface area contributed by atoms with Crippen molar-refractivity contribution >= 4 is 11.4 Å². The van der Waals surface area contributed by atoms with E-state index in [0.29, 0.717) is 0 Å². The largest absolute Gasteiger partial charge is 0.399 e. The SMILES string of the molecule is Cc1ccc(C2CCN(C3CCN(c4ccc(N)cc4)CC3)CC2)cc1. The highest BCUT2D eigenvalue weighted by Crippen LogP contribution is 2.31. The summed E-state index contributed by atoms with van der Waals surface area (Å²) in [5.74, 6) is 0.752. The quantitative estimate of drug-likeness (QED) is 0.832. The number of rotatable bonds is 3. The Labute approximate surface area is 157 Å². The van der Waals surface area contributed by atoms with Crippen LogP contribution in [0.1, 0.15) is 42.7 Å². The Balaban J connectivity index is 1.28. The van der Waals surface area contributed by atoms with Crippen molar-refractivity contribution in [2.45, 2.75) is 44.6 Å². The topological polar surface area (TPSA) is 32.5 Å². The van der Waals surface area contributed by atoms with Crippen LogP contribution in [-0.4, -0.2) is 37.1 Å². The third-order valence-electron chi connectivity index (χ3n) is 6.32. The third kappa shape index (κ3) is 3.88. The summed E-state index contributed by atoms with van der Waals surface area (Å²) in [5, 5.41) is 0. The zero-order chi connectivity index (χ0) is 17.9. The van der Waals surface area contributed by atoms with Crippen molar-refractivity contribution in [1.29, 1.82) is 0 Å². The molecule has 2 aliphatic rings. The highest BCUT2D eigenvalue weighted by Gasteiger charge is 2.28. The molecule has 0 radical (unpaired) electrons. The van der Waals surface area contributed by atoms with E-state index in [-0.39, 0.29) is 0 Å². The van der Waals surface area contributed by atoms with Gasteiger partial charge in [-0.1, -0.05) is 29.8 Å². The molecule has 2 saturated heterocycles. The molecule has 0 atom stereocenters. The lowest BCUT2D eigenvalue weighted by molar-refractivity contribution is 0.132. The van der Waals surface area contributed by atoms with Crippen molar-refractivity contribution in [3.8, 4) is 0 Å². The summed E-state index contributed by atoms with van der Waals surface area (Å²) >= 11 is 0. The summed E-state index contributed by atoms with van der Waals surface area (Å²) in [7, 11) is 0. The number of nitrogens with two attached hydrogens (primary N) is 1. The van der Waals surface area contributed by atoms with Crippen LogP contribution in [0.15, 0.2) is 48.5 Å². The number of hydrogen-bond acceptors (Lipinski definition) is 3. The third-order valence-corrected chi connectivity index (χ3v) is 6.32. The highest BCUT2D eigenvalue weighted by molar-refractivity contribution is 5.53. The van der Waals surface area contributed by atoms with E-state index in [1.54, 1.807) is 0 Å². The second kappa shape index (κ2) is 7.71. The van der Waals surface area contributed by atoms with Gasteiger partial charge in [0.15, 0.2) is 0 Å². The Kier molecular flexibility index (Phi) is 5.16. The molecule has 2 fully saturated rings. The number of piperidine rings is 2. The van der Waals surface area contributed by atoms with Gasteiger partial charge in [0.2, 0.25) is 0 Å². The van der Waals surface area contributed by atoms with E-state index in [9.17, 15) is 0 Å². The summed E-state index contributed by atoms with van der Waals surface area (Å²) in [6, 6.07) is 18.3. The van der Waals surface area contributed by atoms with Gasteiger partial charge in [-0.05, 0) is 81.4 Å². The lowest BCUT2D eigenvalue weighted by atomic mass is 9.87. The van der Waals surface area contributed by atoms with Crippen LogP contribution in [-0.2, 0) is 0 Å². The number of hydrogen-bond donors (Lipinski definition) is 1. The summed E-state index contributed by atoms with van der Waals surface area (Å²) in [6.07, 6.45) is 5.17. The van der Waals surface area contributed by atoms with Crippen LogP contribution >= 0.6 is 0 Å². The van der Waals surface area contributed by atoms with E-state index >= 15 is 0 Å². The molecule has 0 aromatic heterocycles. The molecule has 3 heteroatoms. The van der Waals surface area contributed by atoms with Crippen molar-refractivity contribution in [3.05, 3.63) is 59.7 Å². The number of anilines is 2. The van der Waals surface area contributed by atoms with E-state index in [1.165, 1.54) is 55.6 Å². The second-order valence-electron chi connectivity index (χ2n) is 8.03. The smallest absolute Gasteiger partial charge is 0.0367 e. The van der Waals surface area contributed by atoms with Crippen LogP contribution in [0.2, 0.25) is 0 Å². The average Bonchev–Trinajstić information content (AvgIpc) is 2.70. The lowest BCUT2D eigenvalue weighted by Gasteiger charge is -2.42. The van der Waals surface area contributed by atoms with Gasteiger partial charge in [-0.15, -0.1) is 0 Å². The van der Waals surface area contributed by atoms with Crippen LogP contribution in [0.5, 0.6) is 0 Å². The molecule has 2 N–H and O–H groups in total. The van der Waals surface area contributed by atoms with Crippen LogP contribution in [0.4, 0.5) is 11.4 Å². The predicted octanol–water partition coefficient (Wildman–Crippen LogP) is 4.43. The fraction of sp³-hybridized carbons (Fsp3) is 0.478. The molecule has 2 aliphatic heterocycles. The molecule has 2 aromatic carbocycles. The summed E-state index contributed by atoms with van der Waals surface area (Å²) < 4.78 is 0.